The summed E-state index contributed by atoms with van der Waals surface area (Å²) in [6.45, 7) is 0. The maximum absolute atomic E-state index is 12.4. The quantitative estimate of drug-likeness (QED) is 0.595. The number of alkyl halides is 6. The fraction of sp³-hybridized carbons (Fsp3) is 0.250. The molecule has 0 aliphatic carbocycles. The van der Waals surface area contributed by atoms with Gasteiger partial charge < -0.3 is 0 Å². The van der Waals surface area contributed by atoms with Gasteiger partial charge in [0.1, 0.15) is 0 Å². The predicted molar refractivity (Wildman–Crippen MR) is 77.9 cm³/mol. The zero-order chi connectivity index (χ0) is 17.1. The Morgan fingerprint density at radius 2 is 0.870 bits per heavy atom. The molecule has 0 saturated heterocycles. The fourth-order valence-corrected chi connectivity index (χ4v) is 2.83. The van der Waals surface area contributed by atoms with Gasteiger partial charge in [-0.1, -0.05) is 24.3 Å². The van der Waals surface area contributed by atoms with E-state index in [2.05, 4.69) is 0 Å². The zero-order valence-corrected chi connectivity index (χ0v) is 12.5. The van der Waals surface area contributed by atoms with Gasteiger partial charge >= 0.3 is 12.4 Å². The van der Waals surface area contributed by atoms with Crippen molar-refractivity contribution in [3.8, 4) is 0 Å². The Bertz CT molecular complexity index is 568. The third-order valence-electron chi connectivity index (χ3n) is 3.10. The first-order valence-corrected chi connectivity index (χ1v) is 7.72. The zero-order valence-electron chi connectivity index (χ0n) is 11.7. The maximum Gasteiger partial charge on any atom is 0.416 e. The van der Waals surface area contributed by atoms with Crippen molar-refractivity contribution in [2.45, 2.75) is 23.9 Å². The van der Waals surface area contributed by atoms with Crippen molar-refractivity contribution >= 4 is 11.8 Å². The van der Waals surface area contributed by atoms with E-state index in [0.29, 0.717) is 11.5 Å². The topological polar surface area (TPSA) is 0 Å². The van der Waals surface area contributed by atoms with Gasteiger partial charge in [0.05, 0.1) is 11.1 Å². The van der Waals surface area contributed by atoms with Crippen LogP contribution >= 0.6 is 11.8 Å². The van der Waals surface area contributed by atoms with Gasteiger partial charge in [-0.05, 0) is 35.4 Å². The summed E-state index contributed by atoms with van der Waals surface area (Å²) in [6.07, 6.45) is -8.71. The summed E-state index contributed by atoms with van der Waals surface area (Å²) in [7, 11) is 0. The third kappa shape index (κ3) is 5.20. The summed E-state index contributed by atoms with van der Waals surface area (Å²) in [5.74, 6) is 0.971. The van der Waals surface area contributed by atoms with Crippen LogP contribution in [0.2, 0.25) is 0 Å². The van der Waals surface area contributed by atoms with Crippen LogP contribution < -0.4 is 0 Å². The lowest BCUT2D eigenvalue weighted by Gasteiger charge is -2.08. The number of hydrogen-bond acceptors (Lipinski definition) is 1. The standard InChI is InChI=1S/C16H12F6S/c17-15(18,19)13-5-1-11(2-6-13)9-23-10-12-3-7-14(8-4-12)16(20,21)22/h1-8H,9-10H2. The van der Waals surface area contributed by atoms with Crippen LogP contribution in [0.15, 0.2) is 48.5 Å². The molecular formula is C16H12F6S. The molecule has 0 saturated carbocycles. The Labute approximate surface area is 133 Å². The largest absolute Gasteiger partial charge is 0.416 e. The van der Waals surface area contributed by atoms with Crippen LogP contribution in [-0.4, -0.2) is 0 Å². The summed E-state index contributed by atoms with van der Waals surface area (Å²) >= 11 is 1.42. The third-order valence-corrected chi connectivity index (χ3v) is 4.17. The van der Waals surface area contributed by atoms with Gasteiger partial charge in [0.25, 0.3) is 0 Å². The molecule has 0 aliphatic rings. The molecule has 124 valence electrons. The molecule has 7 heteroatoms. The minimum absolute atomic E-state index is 0.485. The average molecular weight is 350 g/mol. The van der Waals surface area contributed by atoms with Crippen molar-refractivity contribution in [1.82, 2.24) is 0 Å². The molecule has 2 aromatic rings. The highest BCUT2D eigenvalue weighted by atomic mass is 32.2. The van der Waals surface area contributed by atoms with Crippen LogP contribution in [0.25, 0.3) is 0 Å². The lowest BCUT2D eigenvalue weighted by Crippen LogP contribution is -2.04. The number of thioether (sulfide) groups is 1. The van der Waals surface area contributed by atoms with Gasteiger partial charge in [0.2, 0.25) is 0 Å². The number of halogens is 6. The van der Waals surface area contributed by atoms with Crippen molar-refractivity contribution in [3.05, 3.63) is 70.8 Å². The summed E-state index contributed by atoms with van der Waals surface area (Å²) in [5, 5.41) is 0. The van der Waals surface area contributed by atoms with Gasteiger partial charge in [0, 0.05) is 11.5 Å². The smallest absolute Gasteiger partial charge is 0.166 e. The van der Waals surface area contributed by atoms with Gasteiger partial charge in [-0.15, -0.1) is 0 Å². The molecule has 0 radical (unpaired) electrons. The molecule has 0 spiro atoms. The van der Waals surface area contributed by atoms with Crippen LogP contribution in [-0.2, 0) is 23.9 Å². The number of hydrogen-bond donors (Lipinski definition) is 0. The Kier molecular flexibility index (Phi) is 5.29. The van der Waals surface area contributed by atoms with E-state index < -0.39 is 23.5 Å². The molecule has 2 rings (SSSR count). The number of rotatable bonds is 4. The predicted octanol–water partition coefficient (Wildman–Crippen LogP) is 6.16. The number of benzene rings is 2. The van der Waals surface area contributed by atoms with Crippen LogP contribution in [0.5, 0.6) is 0 Å². The van der Waals surface area contributed by atoms with Crippen molar-refractivity contribution in [2.24, 2.45) is 0 Å². The Morgan fingerprint density at radius 3 is 1.13 bits per heavy atom. The second-order valence-corrected chi connectivity index (χ2v) is 5.87. The molecule has 0 bridgehead atoms. The van der Waals surface area contributed by atoms with Crippen LogP contribution in [0.4, 0.5) is 26.3 Å². The van der Waals surface area contributed by atoms with Gasteiger partial charge in [-0.25, -0.2) is 0 Å². The molecule has 0 aromatic heterocycles. The summed E-state index contributed by atoms with van der Waals surface area (Å²) in [4.78, 5) is 0. The maximum atomic E-state index is 12.4. The first kappa shape index (κ1) is 17.7. The van der Waals surface area contributed by atoms with E-state index in [1.165, 1.54) is 36.0 Å². The second-order valence-electron chi connectivity index (χ2n) is 4.88. The van der Waals surface area contributed by atoms with Gasteiger partial charge in [0.15, 0.2) is 0 Å². The molecule has 23 heavy (non-hydrogen) atoms. The van der Waals surface area contributed by atoms with E-state index in [0.717, 1.165) is 35.4 Å². The minimum Gasteiger partial charge on any atom is -0.166 e. The van der Waals surface area contributed by atoms with E-state index in [1.54, 1.807) is 0 Å². The summed E-state index contributed by atoms with van der Waals surface area (Å²) in [6, 6.07) is 9.71. The van der Waals surface area contributed by atoms with E-state index >= 15 is 0 Å². The molecule has 0 heterocycles. The van der Waals surface area contributed by atoms with Crippen LogP contribution in [0.1, 0.15) is 22.3 Å². The van der Waals surface area contributed by atoms with E-state index in [1.807, 2.05) is 0 Å². The van der Waals surface area contributed by atoms with Gasteiger partial charge in [-0.2, -0.15) is 38.1 Å². The molecule has 0 N–H and O–H groups in total. The SMILES string of the molecule is FC(F)(F)c1ccc(CSCc2ccc(C(F)(F)F)cc2)cc1. The highest BCUT2D eigenvalue weighted by Crippen LogP contribution is 2.31. The van der Waals surface area contributed by atoms with Gasteiger partial charge in [-0.3, -0.25) is 0 Å². The Balaban J connectivity index is 1.87. The molecule has 0 unspecified atom stereocenters. The van der Waals surface area contributed by atoms with E-state index in [9.17, 15) is 26.3 Å². The van der Waals surface area contributed by atoms with Crippen molar-refractivity contribution in [3.63, 3.8) is 0 Å². The second kappa shape index (κ2) is 6.86. The first-order valence-electron chi connectivity index (χ1n) is 6.56. The summed E-state index contributed by atoms with van der Waals surface area (Å²) in [5.41, 5.74) is 0.0628. The molecule has 2 aromatic carbocycles. The first-order chi connectivity index (χ1) is 10.7. The highest BCUT2D eigenvalue weighted by molar-refractivity contribution is 7.97. The van der Waals surface area contributed by atoms with Crippen LogP contribution in [0, 0.1) is 0 Å². The fourth-order valence-electron chi connectivity index (χ4n) is 1.87. The van der Waals surface area contributed by atoms with Crippen molar-refractivity contribution < 1.29 is 26.3 Å². The monoisotopic (exact) mass is 350 g/mol. The Hall–Kier alpha value is -1.63. The molecule has 0 fully saturated rings. The molecule has 0 nitrogen and oxygen atoms in total. The molecular weight excluding hydrogens is 338 g/mol. The minimum atomic E-state index is -4.36. The summed E-state index contributed by atoms with van der Waals surface area (Å²) < 4.78 is 74.5. The lowest BCUT2D eigenvalue weighted by atomic mass is 10.1. The van der Waals surface area contributed by atoms with Crippen molar-refractivity contribution in [2.75, 3.05) is 0 Å². The van der Waals surface area contributed by atoms with E-state index in [-0.39, 0.29) is 0 Å². The average Bonchev–Trinajstić information content (AvgIpc) is 2.46. The molecule has 0 aliphatic heterocycles. The van der Waals surface area contributed by atoms with Crippen LogP contribution in [0.3, 0.4) is 0 Å². The molecule has 0 amide bonds. The normalized spacial score (nSPS) is 12.4. The highest BCUT2D eigenvalue weighted by Gasteiger charge is 2.30. The Morgan fingerprint density at radius 1 is 0.565 bits per heavy atom. The molecule has 0 atom stereocenters. The van der Waals surface area contributed by atoms with Crippen molar-refractivity contribution in [1.29, 1.82) is 0 Å². The van der Waals surface area contributed by atoms with E-state index in [4.69, 9.17) is 0 Å². The lowest BCUT2D eigenvalue weighted by molar-refractivity contribution is -0.138.